The number of hydrogen-bond acceptors (Lipinski definition) is 7. The molecule has 0 atom stereocenters. The number of aliphatic hydroxyl groups excluding tert-OH is 1. The summed E-state index contributed by atoms with van der Waals surface area (Å²) in [6, 6.07) is 11.1. The number of methoxy groups -OCH3 is 4. The van der Waals surface area contributed by atoms with Gasteiger partial charge in [-0.25, -0.2) is 4.42 Å². The van der Waals surface area contributed by atoms with E-state index in [1.807, 2.05) is 90.1 Å². The number of Topliss-reactive ketones (excluding diaryl/α,β-unsaturated/α-hetero) is 1. The van der Waals surface area contributed by atoms with Gasteiger partial charge in [0.05, 0.1) is 56.6 Å². The highest BCUT2D eigenvalue weighted by atomic mass is 79.9. The average Bonchev–Trinajstić information content (AvgIpc) is 3.08. The number of rotatable bonds is 8. The Balaban J connectivity index is 1.59. The third-order valence-corrected chi connectivity index (χ3v) is 9.75. The first-order valence-corrected chi connectivity index (χ1v) is 17.4. The predicted octanol–water partition coefficient (Wildman–Crippen LogP) is 10.8. The summed E-state index contributed by atoms with van der Waals surface area (Å²) in [7, 11) is 6.32. The van der Waals surface area contributed by atoms with Gasteiger partial charge in [0.25, 0.3) is 0 Å². The molecule has 0 spiro atoms. The molecule has 1 N–H and O–H groups in total. The van der Waals surface area contributed by atoms with Gasteiger partial charge in [-0.05, 0) is 112 Å². The molecule has 1 aliphatic heterocycles. The molecule has 2 heterocycles. The molecule has 0 amide bonds. The van der Waals surface area contributed by atoms with E-state index in [2.05, 4.69) is 31.9 Å². The third-order valence-electron chi connectivity index (χ3n) is 8.19. The third kappa shape index (κ3) is 7.42. The molecule has 2 aliphatic rings. The lowest BCUT2D eigenvalue weighted by Crippen LogP contribution is -2.21. The maximum Gasteiger partial charge on any atom is 0.361 e. The van der Waals surface area contributed by atoms with Crippen LogP contribution in [0.2, 0.25) is 0 Å². The highest BCUT2D eigenvalue weighted by molar-refractivity contribution is 9.11. The van der Waals surface area contributed by atoms with Gasteiger partial charge in [-0.15, -0.1) is 0 Å². The van der Waals surface area contributed by atoms with Crippen molar-refractivity contribution in [3.8, 4) is 34.3 Å². The van der Waals surface area contributed by atoms with Crippen LogP contribution in [0.1, 0.15) is 58.4 Å². The van der Waals surface area contributed by atoms with Crippen molar-refractivity contribution in [2.75, 3.05) is 28.4 Å². The summed E-state index contributed by atoms with van der Waals surface area (Å²) >= 11 is 7.05. The molecule has 262 valence electrons. The molecule has 5 rings (SSSR count). The van der Waals surface area contributed by atoms with Gasteiger partial charge in [0, 0.05) is 17.0 Å². The fourth-order valence-electron chi connectivity index (χ4n) is 5.30. The number of allylic oxidation sites excluding steroid dienone is 7. The first-order valence-electron chi connectivity index (χ1n) is 15.8. The van der Waals surface area contributed by atoms with Crippen molar-refractivity contribution in [3.63, 3.8) is 0 Å². The van der Waals surface area contributed by atoms with Crippen LogP contribution in [-0.2, 0) is 14.9 Å². The first kappa shape index (κ1) is 37.0. The van der Waals surface area contributed by atoms with Crippen molar-refractivity contribution in [3.05, 3.63) is 109 Å². The molecule has 10 heteroatoms. The summed E-state index contributed by atoms with van der Waals surface area (Å²) in [5.74, 6) is 4.44. The number of carbonyl (C=O) groups excluding carboxylic acids is 1. The van der Waals surface area contributed by atoms with E-state index in [4.69, 9.17) is 28.1 Å². The van der Waals surface area contributed by atoms with Gasteiger partial charge < -0.3 is 28.8 Å². The number of ether oxygens (including phenoxy) is 5. The molecule has 0 bridgehead atoms. The minimum atomic E-state index is -0.350. The summed E-state index contributed by atoms with van der Waals surface area (Å²) in [6.07, 6.45) is 7.08. The van der Waals surface area contributed by atoms with E-state index in [1.165, 1.54) is 0 Å². The second kappa shape index (κ2) is 14.2. The van der Waals surface area contributed by atoms with E-state index < -0.39 is 0 Å². The Morgan fingerprint density at radius 3 is 1.70 bits per heavy atom. The van der Waals surface area contributed by atoms with E-state index in [0.29, 0.717) is 66.1 Å². The highest BCUT2D eigenvalue weighted by Gasteiger charge is 2.35. The highest BCUT2D eigenvalue weighted by Crippen LogP contribution is 2.44. The van der Waals surface area contributed by atoms with Crippen LogP contribution in [0.3, 0.4) is 0 Å². The molecule has 0 fully saturated rings. The van der Waals surface area contributed by atoms with Gasteiger partial charge in [-0.2, -0.15) is 0 Å². The lowest BCUT2D eigenvalue weighted by Gasteiger charge is -2.28. The van der Waals surface area contributed by atoms with Crippen LogP contribution in [-0.4, -0.2) is 39.3 Å². The monoisotopic (exact) mass is 807 g/mol. The van der Waals surface area contributed by atoms with Crippen molar-refractivity contribution in [1.29, 1.82) is 0 Å². The van der Waals surface area contributed by atoms with Gasteiger partial charge in [0.1, 0.15) is 49.2 Å². The van der Waals surface area contributed by atoms with Crippen molar-refractivity contribution in [2.24, 2.45) is 5.41 Å². The Hall–Kier alpha value is -4.28. The molecule has 2 aromatic carbocycles. The zero-order chi connectivity index (χ0) is 36.7. The van der Waals surface area contributed by atoms with Gasteiger partial charge in [0.15, 0.2) is 0 Å². The van der Waals surface area contributed by atoms with Crippen LogP contribution in [0.5, 0.6) is 23.0 Å². The SMILES string of the molecule is COc1cc(C2=CC(=CC3=C(O)C(=Cc4cc(-c5cc(OC)c(Br)c(OC)c5)[o+]c(C(C)(C)C)c4)C3=O)C=C(C(C)(C)C)O2)cc(OC)c1Br. The number of ketones is 1. The molecular formula is C40H41Br2O8+. The number of halogens is 2. The smallest absolute Gasteiger partial charge is 0.361 e. The van der Waals surface area contributed by atoms with Crippen LogP contribution < -0.4 is 18.9 Å². The maximum atomic E-state index is 13.6. The molecule has 50 heavy (non-hydrogen) atoms. The quantitative estimate of drug-likeness (QED) is 0.178. The Morgan fingerprint density at radius 2 is 1.24 bits per heavy atom. The number of aliphatic hydroxyl groups is 1. The second-order valence-corrected chi connectivity index (χ2v) is 15.5. The molecule has 0 saturated carbocycles. The Morgan fingerprint density at radius 1 is 0.720 bits per heavy atom. The Bertz CT molecular complexity index is 1980. The molecule has 1 aliphatic carbocycles. The van der Waals surface area contributed by atoms with Crippen molar-refractivity contribution in [2.45, 2.75) is 47.0 Å². The summed E-state index contributed by atoms with van der Waals surface area (Å²) in [6.45, 7) is 12.3. The van der Waals surface area contributed by atoms with E-state index in [1.54, 1.807) is 40.6 Å². The van der Waals surface area contributed by atoms with Crippen LogP contribution in [0, 0.1) is 5.41 Å². The Labute approximate surface area is 310 Å². The number of hydrogen-bond donors (Lipinski definition) is 1. The topological polar surface area (TPSA) is 94.8 Å². The van der Waals surface area contributed by atoms with Crippen LogP contribution in [0.25, 0.3) is 23.2 Å². The van der Waals surface area contributed by atoms with Gasteiger partial charge >= 0.3 is 11.5 Å². The Kier molecular flexibility index (Phi) is 10.5. The van der Waals surface area contributed by atoms with E-state index in [-0.39, 0.29) is 33.5 Å². The zero-order valence-electron chi connectivity index (χ0n) is 29.8. The fourth-order valence-corrected chi connectivity index (χ4v) is 6.41. The number of benzene rings is 2. The first-order chi connectivity index (χ1) is 23.5. The standard InChI is InChI=1S/C40H40Br2O8/c1-39(2,3)33-15-21(13-27(49-33)23-17-29(45-7)35(41)30(18-23)46-8)11-25-37(43)26(38(25)44)12-22-14-28(50-34(16-22)40(4,5)6)24-19-31(47-9)36(42)32(20-24)48-10/h11-20H,1-10H3/p+1. The van der Waals surface area contributed by atoms with Crippen LogP contribution >= 0.6 is 31.9 Å². The summed E-state index contributed by atoms with van der Waals surface area (Å²) in [4.78, 5) is 13.6. The molecule has 8 nitrogen and oxygen atoms in total. The van der Waals surface area contributed by atoms with Gasteiger partial charge in [-0.3, -0.25) is 4.79 Å². The summed E-state index contributed by atoms with van der Waals surface area (Å²) < 4.78 is 36.3. The van der Waals surface area contributed by atoms with E-state index >= 15 is 0 Å². The minimum absolute atomic E-state index is 0.0896. The summed E-state index contributed by atoms with van der Waals surface area (Å²) in [5, 5.41) is 11.3. The molecule has 1 aromatic heterocycles. The van der Waals surface area contributed by atoms with Crippen LogP contribution in [0.4, 0.5) is 0 Å². The number of carbonyl (C=O) groups is 1. The van der Waals surface area contributed by atoms with Crippen LogP contribution in [0.15, 0.2) is 96.2 Å². The van der Waals surface area contributed by atoms with E-state index in [0.717, 1.165) is 11.1 Å². The molecule has 0 unspecified atom stereocenters. The van der Waals surface area contributed by atoms with Crippen molar-refractivity contribution in [1.82, 2.24) is 0 Å². The minimum Gasteiger partial charge on any atom is -0.506 e. The van der Waals surface area contributed by atoms with Crippen molar-refractivity contribution < 1.29 is 38.0 Å². The largest absolute Gasteiger partial charge is 0.506 e. The normalized spacial score (nSPS) is 16.5. The molecular weight excluding hydrogens is 768 g/mol. The predicted molar refractivity (Wildman–Crippen MR) is 203 cm³/mol. The van der Waals surface area contributed by atoms with Gasteiger partial charge in [-0.1, -0.05) is 20.8 Å². The fraction of sp³-hybridized carbons (Fsp3) is 0.300. The van der Waals surface area contributed by atoms with E-state index in [9.17, 15) is 9.90 Å². The lowest BCUT2D eigenvalue weighted by atomic mass is 9.84. The maximum absolute atomic E-state index is 13.6. The molecule has 0 saturated heterocycles. The average molecular weight is 810 g/mol. The zero-order valence-corrected chi connectivity index (χ0v) is 33.0. The second-order valence-electron chi connectivity index (χ2n) is 13.9. The lowest BCUT2D eigenvalue weighted by molar-refractivity contribution is -0.113. The van der Waals surface area contributed by atoms with Crippen molar-refractivity contribution >= 4 is 49.5 Å². The molecule has 0 radical (unpaired) electrons. The molecule has 3 aromatic rings. The summed E-state index contributed by atoms with van der Waals surface area (Å²) in [5.41, 5.74) is 2.55. The van der Waals surface area contributed by atoms with Gasteiger partial charge in [0.2, 0.25) is 5.78 Å².